The fourth-order valence-corrected chi connectivity index (χ4v) is 3.50. The van der Waals surface area contributed by atoms with Crippen molar-refractivity contribution in [2.45, 2.75) is 19.0 Å². The van der Waals surface area contributed by atoms with Crippen LogP contribution in [0, 0.1) is 0 Å². The molecular weight excluding hydrogens is 336 g/mol. The minimum absolute atomic E-state index is 0.322. The fourth-order valence-electron chi connectivity index (χ4n) is 3.26. The van der Waals surface area contributed by atoms with E-state index in [0.717, 1.165) is 31.6 Å². The van der Waals surface area contributed by atoms with Gasteiger partial charge in [-0.05, 0) is 29.2 Å². The number of nitrogens with one attached hydrogen (secondary N) is 1. The maximum absolute atomic E-state index is 12.2. The van der Waals surface area contributed by atoms with Crippen molar-refractivity contribution in [3.8, 4) is 0 Å². The number of esters is 1. The van der Waals surface area contributed by atoms with E-state index in [4.69, 9.17) is 16.3 Å². The summed E-state index contributed by atoms with van der Waals surface area (Å²) >= 11 is 6.25. The molecule has 2 aromatic carbocycles. The van der Waals surface area contributed by atoms with Crippen LogP contribution in [0.3, 0.4) is 0 Å². The lowest BCUT2D eigenvalue weighted by Crippen LogP contribution is -2.39. The Balaban J connectivity index is 1.59. The summed E-state index contributed by atoms with van der Waals surface area (Å²) < 4.78 is 4.94. The van der Waals surface area contributed by atoms with Gasteiger partial charge in [0, 0.05) is 31.2 Å². The number of benzene rings is 2. The average Bonchev–Trinajstić information content (AvgIpc) is 2.65. The standard InChI is InChI=1S/C20H23ClN2O2/c1-25-20(24)19(17-8-4-5-9-18(17)21)22-11-13-23-12-10-15-6-2-3-7-16(15)14-23/h2-9,19,22H,10-14H2,1H3. The Kier molecular flexibility index (Phi) is 6.08. The summed E-state index contributed by atoms with van der Waals surface area (Å²) in [4.78, 5) is 14.6. The van der Waals surface area contributed by atoms with Crippen molar-refractivity contribution in [3.63, 3.8) is 0 Å². The van der Waals surface area contributed by atoms with E-state index in [9.17, 15) is 4.79 Å². The number of nitrogens with zero attached hydrogens (tertiary/aromatic N) is 1. The third kappa shape index (κ3) is 4.40. The van der Waals surface area contributed by atoms with Crippen LogP contribution >= 0.6 is 11.6 Å². The van der Waals surface area contributed by atoms with Crippen molar-refractivity contribution in [3.05, 3.63) is 70.2 Å². The lowest BCUT2D eigenvalue weighted by atomic mass is 10.00. The van der Waals surface area contributed by atoms with Crippen LogP contribution in [0.5, 0.6) is 0 Å². The Bertz CT molecular complexity index is 735. The molecule has 1 heterocycles. The van der Waals surface area contributed by atoms with E-state index >= 15 is 0 Å². The van der Waals surface area contributed by atoms with Gasteiger partial charge in [-0.1, -0.05) is 54.1 Å². The third-order valence-electron chi connectivity index (χ3n) is 4.64. The van der Waals surface area contributed by atoms with Gasteiger partial charge in [0.05, 0.1) is 7.11 Å². The topological polar surface area (TPSA) is 41.6 Å². The van der Waals surface area contributed by atoms with Crippen molar-refractivity contribution in [2.24, 2.45) is 0 Å². The monoisotopic (exact) mass is 358 g/mol. The second kappa shape index (κ2) is 8.48. The second-order valence-corrected chi connectivity index (χ2v) is 6.63. The highest BCUT2D eigenvalue weighted by Gasteiger charge is 2.23. The van der Waals surface area contributed by atoms with Gasteiger partial charge in [-0.25, -0.2) is 4.79 Å². The van der Waals surface area contributed by atoms with Gasteiger partial charge in [-0.2, -0.15) is 0 Å². The first-order valence-electron chi connectivity index (χ1n) is 8.54. The first kappa shape index (κ1) is 17.9. The highest BCUT2D eigenvalue weighted by Crippen LogP contribution is 2.24. The van der Waals surface area contributed by atoms with Crippen LogP contribution in [-0.4, -0.2) is 37.6 Å². The van der Waals surface area contributed by atoms with E-state index in [1.54, 1.807) is 6.07 Å². The maximum Gasteiger partial charge on any atom is 0.327 e. The first-order valence-corrected chi connectivity index (χ1v) is 8.91. The summed E-state index contributed by atoms with van der Waals surface area (Å²) in [5.41, 5.74) is 3.58. The van der Waals surface area contributed by atoms with E-state index in [1.807, 2.05) is 18.2 Å². The van der Waals surface area contributed by atoms with Gasteiger partial charge in [0.1, 0.15) is 6.04 Å². The second-order valence-electron chi connectivity index (χ2n) is 6.23. The summed E-state index contributed by atoms with van der Waals surface area (Å²) in [6.45, 7) is 3.54. The summed E-state index contributed by atoms with van der Waals surface area (Å²) in [5, 5.41) is 3.87. The van der Waals surface area contributed by atoms with Crippen LogP contribution in [0.4, 0.5) is 0 Å². The molecule has 0 aliphatic carbocycles. The molecule has 2 aromatic rings. The zero-order valence-corrected chi connectivity index (χ0v) is 15.1. The number of carbonyl (C=O) groups excluding carboxylic acids is 1. The number of methoxy groups -OCH3 is 1. The molecule has 0 spiro atoms. The molecule has 0 aromatic heterocycles. The number of ether oxygens (including phenoxy) is 1. The third-order valence-corrected chi connectivity index (χ3v) is 4.98. The van der Waals surface area contributed by atoms with Crippen LogP contribution in [0.2, 0.25) is 5.02 Å². The zero-order valence-electron chi connectivity index (χ0n) is 14.4. The molecule has 0 saturated carbocycles. The normalized spacial score (nSPS) is 15.4. The SMILES string of the molecule is COC(=O)C(NCCN1CCc2ccccc2C1)c1ccccc1Cl. The van der Waals surface area contributed by atoms with Gasteiger partial charge in [0.2, 0.25) is 0 Å². The van der Waals surface area contributed by atoms with Crippen LogP contribution in [-0.2, 0) is 22.5 Å². The molecule has 1 unspecified atom stereocenters. The molecule has 3 rings (SSSR count). The molecule has 1 aliphatic rings. The smallest absolute Gasteiger partial charge is 0.327 e. The highest BCUT2D eigenvalue weighted by atomic mass is 35.5. The van der Waals surface area contributed by atoms with E-state index in [1.165, 1.54) is 18.2 Å². The zero-order chi connectivity index (χ0) is 17.6. The molecule has 0 fully saturated rings. The first-order chi connectivity index (χ1) is 12.2. The van der Waals surface area contributed by atoms with E-state index < -0.39 is 6.04 Å². The quantitative estimate of drug-likeness (QED) is 0.805. The molecule has 0 bridgehead atoms. The number of fused-ring (bicyclic) bond motifs is 1. The van der Waals surface area contributed by atoms with Crippen molar-refractivity contribution in [1.82, 2.24) is 10.2 Å². The van der Waals surface area contributed by atoms with Gasteiger partial charge in [-0.3, -0.25) is 10.2 Å². The van der Waals surface area contributed by atoms with Gasteiger partial charge in [-0.15, -0.1) is 0 Å². The summed E-state index contributed by atoms with van der Waals surface area (Å²) in [6, 6.07) is 15.4. The van der Waals surface area contributed by atoms with E-state index in [2.05, 4.69) is 34.5 Å². The summed E-state index contributed by atoms with van der Waals surface area (Å²) in [6.07, 6.45) is 1.07. The van der Waals surface area contributed by atoms with Crippen molar-refractivity contribution in [1.29, 1.82) is 0 Å². The van der Waals surface area contributed by atoms with Crippen LogP contribution in [0.1, 0.15) is 22.7 Å². The number of rotatable bonds is 6. The number of hydrogen-bond donors (Lipinski definition) is 1. The fraction of sp³-hybridized carbons (Fsp3) is 0.350. The Labute approximate surface area is 153 Å². The molecule has 0 amide bonds. The van der Waals surface area contributed by atoms with Crippen molar-refractivity contribution in [2.75, 3.05) is 26.7 Å². The molecule has 1 atom stereocenters. The molecule has 1 N–H and O–H groups in total. The molecule has 1 aliphatic heterocycles. The molecule has 4 nitrogen and oxygen atoms in total. The largest absolute Gasteiger partial charge is 0.468 e. The van der Waals surface area contributed by atoms with Gasteiger partial charge in [0.15, 0.2) is 0 Å². The molecule has 25 heavy (non-hydrogen) atoms. The van der Waals surface area contributed by atoms with Crippen LogP contribution < -0.4 is 5.32 Å². The molecule has 0 radical (unpaired) electrons. The predicted molar refractivity (Wildman–Crippen MR) is 99.6 cm³/mol. The Hall–Kier alpha value is -1.88. The number of halogens is 1. The lowest BCUT2D eigenvalue weighted by molar-refractivity contribution is -0.143. The summed E-state index contributed by atoms with van der Waals surface area (Å²) in [5.74, 6) is -0.322. The molecule has 0 saturated heterocycles. The average molecular weight is 359 g/mol. The number of hydrogen-bond acceptors (Lipinski definition) is 4. The van der Waals surface area contributed by atoms with Crippen LogP contribution in [0.15, 0.2) is 48.5 Å². The Morgan fingerprint density at radius 2 is 1.92 bits per heavy atom. The number of carbonyl (C=O) groups is 1. The molecular formula is C20H23ClN2O2. The van der Waals surface area contributed by atoms with Crippen molar-refractivity contribution < 1.29 is 9.53 Å². The maximum atomic E-state index is 12.2. The predicted octanol–water partition coefficient (Wildman–Crippen LogP) is 3.20. The van der Waals surface area contributed by atoms with Crippen LogP contribution in [0.25, 0.3) is 0 Å². The van der Waals surface area contributed by atoms with Crippen molar-refractivity contribution >= 4 is 17.6 Å². The highest BCUT2D eigenvalue weighted by molar-refractivity contribution is 6.31. The minimum Gasteiger partial charge on any atom is -0.468 e. The Morgan fingerprint density at radius 3 is 2.68 bits per heavy atom. The minimum atomic E-state index is -0.546. The van der Waals surface area contributed by atoms with Gasteiger partial charge < -0.3 is 4.74 Å². The van der Waals surface area contributed by atoms with Gasteiger partial charge >= 0.3 is 5.97 Å². The van der Waals surface area contributed by atoms with E-state index in [0.29, 0.717) is 11.6 Å². The Morgan fingerprint density at radius 1 is 1.20 bits per heavy atom. The molecule has 132 valence electrons. The van der Waals surface area contributed by atoms with E-state index in [-0.39, 0.29) is 5.97 Å². The summed E-state index contributed by atoms with van der Waals surface area (Å²) in [7, 11) is 1.40. The molecule has 5 heteroatoms. The van der Waals surface area contributed by atoms with Gasteiger partial charge in [0.25, 0.3) is 0 Å². The lowest BCUT2D eigenvalue weighted by Gasteiger charge is -2.29.